The van der Waals surface area contributed by atoms with Crippen LogP contribution in [0.25, 0.3) is 0 Å². The molecule has 0 saturated heterocycles. The smallest absolute Gasteiger partial charge is 0.0443 e. The first-order chi connectivity index (χ1) is 16.9. The van der Waals surface area contributed by atoms with Gasteiger partial charge >= 0.3 is 0 Å². The van der Waals surface area contributed by atoms with E-state index >= 15 is 0 Å². The highest BCUT2D eigenvalue weighted by molar-refractivity contribution is 4.58. The third-order valence-corrected chi connectivity index (χ3v) is 8.35. The maximum absolute atomic E-state index is 2.47. The Kier molecular flexibility index (Phi) is 27.0. The van der Waals surface area contributed by atoms with Gasteiger partial charge in [0, 0.05) is 0 Å². The molecule has 0 bridgehead atoms. The highest BCUT2D eigenvalue weighted by Crippen LogP contribution is 2.20. The Bertz CT molecular complexity index is 345. The zero-order chi connectivity index (χ0) is 26.0. The highest BCUT2D eigenvalue weighted by atomic mass is 14.1. The van der Waals surface area contributed by atoms with Gasteiger partial charge in [0.05, 0.1) is 0 Å². The first kappa shape index (κ1) is 35.0. The number of rotatable bonds is 28. The molecule has 0 heteroatoms. The first-order valence-electron chi connectivity index (χ1n) is 16.9. The van der Waals surface area contributed by atoms with E-state index < -0.39 is 0 Å². The summed E-state index contributed by atoms with van der Waals surface area (Å²) in [5.74, 6) is 3.68. The van der Waals surface area contributed by atoms with E-state index in [9.17, 15) is 0 Å². The van der Waals surface area contributed by atoms with Gasteiger partial charge in [-0.3, -0.25) is 0 Å². The van der Waals surface area contributed by atoms with E-state index in [1.807, 2.05) is 0 Å². The van der Waals surface area contributed by atoms with Crippen LogP contribution in [0.1, 0.15) is 202 Å². The van der Waals surface area contributed by atoms with Gasteiger partial charge in [-0.05, 0) is 23.7 Å². The van der Waals surface area contributed by atoms with Gasteiger partial charge in [-0.15, -0.1) is 0 Å². The van der Waals surface area contributed by atoms with Crippen LogP contribution in [0.2, 0.25) is 0 Å². The Morgan fingerprint density at radius 3 is 0.657 bits per heavy atom. The molecule has 0 saturated carbocycles. The molecule has 0 rings (SSSR count). The van der Waals surface area contributed by atoms with Gasteiger partial charge in [0.25, 0.3) is 0 Å². The van der Waals surface area contributed by atoms with E-state index in [0.29, 0.717) is 0 Å². The average Bonchev–Trinajstić information content (AvgIpc) is 2.80. The molecular formula is C35H72. The largest absolute Gasteiger partial charge is 0.0628 e. The van der Waals surface area contributed by atoms with Crippen LogP contribution in [0.5, 0.6) is 0 Å². The lowest BCUT2D eigenvalue weighted by Gasteiger charge is -2.12. The molecule has 0 aliphatic carbocycles. The summed E-state index contributed by atoms with van der Waals surface area (Å²) < 4.78 is 0. The molecule has 0 radical (unpaired) electrons. The van der Waals surface area contributed by atoms with Crippen LogP contribution < -0.4 is 0 Å². The van der Waals surface area contributed by atoms with E-state index in [4.69, 9.17) is 0 Å². The zero-order valence-corrected chi connectivity index (χ0v) is 26.0. The summed E-state index contributed by atoms with van der Waals surface area (Å²) in [5, 5.41) is 0. The minimum Gasteiger partial charge on any atom is -0.0628 e. The molecule has 0 aliphatic rings. The third kappa shape index (κ3) is 30.1. The van der Waals surface area contributed by atoms with Crippen LogP contribution in [0, 0.1) is 23.7 Å². The summed E-state index contributed by atoms with van der Waals surface area (Å²) in [6.07, 6.45) is 36.8. The molecule has 0 aromatic rings. The maximum Gasteiger partial charge on any atom is -0.0443 e. The van der Waals surface area contributed by atoms with Crippen molar-refractivity contribution in [3.63, 3.8) is 0 Å². The molecule has 0 N–H and O–H groups in total. The summed E-state index contributed by atoms with van der Waals surface area (Å²) in [6, 6.07) is 0. The van der Waals surface area contributed by atoms with Crippen LogP contribution in [0.15, 0.2) is 0 Å². The number of unbranched alkanes of at least 4 members (excludes halogenated alkanes) is 16. The minimum absolute atomic E-state index is 0.884. The highest BCUT2D eigenvalue weighted by Gasteiger charge is 2.04. The van der Waals surface area contributed by atoms with E-state index in [1.165, 1.54) is 161 Å². The van der Waals surface area contributed by atoms with Gasteiger partial charge in [-0.2, -0.15) is 0 Å². The van der Waals surface area contributed by atoms with Crippen molar-refractivity contribution < 1.29 is 0 Å². The molecule has 2 atom stereocenters. The molecule has 2 unspecified atom stereocenters. The van der Waals surface area contributed by atoms with Crippen molar-refractivity contribution in [2.75, 3.05) is 0 Å². The second kappa shape index (κ2) is 27.0. The molecule has 0 nitrogen and oxygen atoms in total. The Morgan fingerprint density at radius 1 is 0.229 bits per heavy atom. The molecule has 0 aromatic carbocycles. The lowest BCUT2D eigenvalue weighted by molar-refractivity contribution is 0.417. The van der Waals surface area contributed by atoms with Crippen LogP contribution in [-0.4, -0.2) is 0 Å². The summed E-state index contributed by atoms with van der Waals surface area (Å²) in [6.45, 7) is 14.4. The summed E-state index contributed by atoms with van der Waals surface area (Å²) in [7, 11) is 0. The molecule has 35 heavy (non-hydrogen) atoms. The van der Waals surface area contributed by atoms with Crippen LogP contribution >= 0.6 is 0 Å². The fourth-order valence-corrected chi connectivity index (χ4v) is 5.68. The molecular weight excluding hydrogens is 420 g/mol. The van der Waals surface area contributed by atoms with Gasteiger partial charge in [0.15, 0.2) is 0 Å². The van der Waals surface area contributed by atoms with E-state index in [0.717, 1.165) is 23.7 Å². The van der Waals surface area contributed by atoms with Crippen molar-refractivity contribution >= 4 is 0 Å². The third-order valence-electron chi connectivity index (χ3n) is 8.35. The molecule has 0 aliphatic heterocycles. The first-order valence-corrected chi connectivity index (χ1v) is 16.9. The van der Waals surface area contributed by atoms with Crippen LogP contribution in [0.3, 0.4) is 0 Å². The topological polar surface area (TPSA) is 0 Å². The predicted octanol–water partition coefficient (Wildman–Crippen LogP) is 13.3. The van der Waals surface area contributed by atoms with E-state index in [1.54, 1.807) is 0 Å². The predicted molar refractivity (Wildman–Crippen MR) is 163 cm³/mol. The van der Waals surface area contributed by atoms with Gasteiger partial charge in [-0.1, -0.05) is 202 Å². The SMILES string of the molecule is CC(C)CCCC(C)CCCCCCCCCCCCCCCCCCCC(C)CCCC(C)C. The van der Waals surface area contributed by atoms with Crippen molar-refractivity contribution in [1.29, 1.82) is 0 Å². The number of hydrogen-bond donors (Lipinski definition) is 0. The van der Waals surface area contributed by atoms with Crippen LogP contribution in [0.4, 0.5) is 0 Å². The number of hydrogen-bond acceptors (Lipinski definition) is 0. The Hall–Kier alpha value is 0. The monoisotopic (exact) mass is 493 g/mol. The molecule has 212 valence electrons. The second-order valence-corrected chi connectivity index (χ2v) is 13.4. The molecule has 0 aromatic heterocycles. The summed E-state index contributed by atoms with van der Waals surface area (Å²) in [5.41, 5.74) is 0. The lowest BCUT2D eigenvalue weighted by Crippen LogP contribution is -1.97. The van der Waals surface area contributed by atoms with Crippen molar-refractivity contribution in [2.24, 2.45) is 23.7 Å². The fraction of sp³-hybridized carbons (Fsp3) is 1.00. The zero-order valence-electron chi connectivity index (χ0n) is 26.0. The second-order valence-electron chi connectivity index (χ2n) is 13.4. The van der Waals surface area contributed by atoms with Gasteiger partial charge < -0.3 is 0 Å². The van der Waals surface area contributed by atoms with Crippen molar-refractivity contribution in [3.05, 3.63) is 0 Å². The molecule has 0 amide bonds. The van der Waals surface area contributed by atoms with Crippen molar-refractivity contribution in [2.45, 2.75) is 202 Å². The van der Waals surface area contributed by atoms with Crippen molar-refractivity contribution in [3.8, 4) is 0 Å². The Labute approximate surface area is 225 Å². The quantitative estimate of drug-likeness (QED) is 0.0952. The standard InChI is InChI=1S/C35H72/c1-32(2)26-24-30-34(5)28-22-20-18-16-14-12-10-8-7-9-11-13-15-17-19-21-23-29-35(6)31-25-27-33(3)4/h32-35H,7-31H2,1-6H3. The van der Waals surface area contributed by atoms with Gasteiger partial charge in [-0.25, -0.2) is 0 Å². The Balaban J connectivity index is 3.16. The summed E-state index contributed by atoms with van der Waals surface area (Å²) in [4.78, 5) is 0. The van der Waals surface area contributed by atoms with Gasteiger partial charge in [0.1, 0.15) is 0 Å². The summed E-state index contributed by atoms with van der Waals surface area (Å²) >= 11 is 0. The normalized spacial score (nSPS) is 13.7. The van der Waals surface area contributed by atoms with Crippen molar-refractivity contribution in [1.82, 2.24) is 0 Å². The maximum atomic E-state index is 2.47. The van der Waals surface area contributed by atoms with E-state index in [2.05, 4.69) is 41.5 Å². The van der Waals surface area contributed by atoms with E-state index in [-0.39, 0.29) is 0 Å². The molecule has 0 spiro atoms. The Morgan fingerprint density at radius 2 is 0.429 bits per heavy atom. The molecule has 0 heterocycles. The lowest BCUT2D eigenvalue weighted by atomic mass is 9.94. The van der Waals surface area contributed by atoms with Gasteiger partial charge in [0.2, 0.25) is 0 Å². The fourth-order valence-electron chi connectivity index (χ4n) is 5.68. The molecule has 0 fully saturated rings. The van der Waals surface area contributed by atoms with Crippen LogP contribution in [-0.2, 0) is 0 Å². The average molecular weight is 493 g/mol. The minimum atomic E-state index is 0.884.